The molecule has 0 fully saturated rings. The van der Waals surface area contributed by atoms with Crippen molar-refractivity contribution in [3.8, 4) is 0 Å². The molecule has 2 aromatic rings. The van der Waals surface area contributed by atoms with E-state index in [-0.39, 0.29) is 0 Å². The number of nitrogen functional groups attached to an aromatic ring is 1. The third kappa shape index (κ3) is 3.39. The van der Waals surface area contributed by atoms with Crippen LogP contribution in [-0.2, 0) is 6.42 Å². The van der Waals surface area contributed by atoms with E-state index in [0.717, 1.165) is 24.5 Å². The predicted molar refractivity (Wildman–Crippen MR) is 69.1 cm³/mol. The summed E-state index contributed by atoms with van der Waals surface area (Å²) in [4.78, 5) is 8.38. The first-order chi connectivity index (χ1) is 8.28. The molecule has 0 aliphatic rings. The van der Waals surface area contributed by atoms with Crippen LogP contribution in [0.2, 0.25) is 0 Å². The van der Waals surface area contributed by atoms with Gasteiger partial charge in [0.1, 0.15) is 17.4 Å². The summed E-state index contributed by atoms with van der Waals surface area (Å²) < 4.78 is 5.24. The zero-order chi connectivity index (χ0) is 12.1. The smallest absolute Gasteiger partial charge is 0.191 e. The van der Waals surface area contributed by atoms with Gasteiger partial charge in [0.05, 0.1) is 6.26 Å². The normalized spacial score (nSPS) is 10.4. The van der Waals surface area contributed by atoms with Gasteiger partial charge >= 0.3 is 0 Å². The Bertz CT molecular complexity index is 472. The van der Waals surface area contributed by atoms with E-state index in [1.807, 2.05) is 18.4 Å². The molecule has 5 nitrogen and oxygen atoms in total. The minimum Gasteiger partial charge on any atom is -0.469 e. The van der Waals surface area contributed by atoms with Gasteiger partial charge < -0.3 is 15.5 Å². The molecule has 0 atom stereocenters. The lowest BCUT2D eigenvalue weighted by Crippen LogP contribution is -2.07. The van der Waals surface area contributed by atoms with Crippen LogP contribution in [0.3, 0.4) is 0 Å². The highest BCUT2D eigenvalue weighted by Crippen LogP contribution is 2.15. The van der Waals surface area contributed by atoms with Crippen LogP contribution in [0.15, 0.2) is 34.0 Å². The molecule has 3 N–H and O–H groups in total. The van der Waals surface area contributed by atoms with Crippen LogP contribution in [0.1, 0.15) is 5.76 Å². The number of hydrogen-bond acceptors (Lipinski definition) is 6. The molecule has 2 aromatic heterocycles. The molecule has 0 radical (unpaired) electrons. The highest BCUT2D eigenvalue weighted by molar-refractivity contribution is 7.98. The average molecular weight is 250 g/mol. The fourth-order valence-electron chi connectivity index (χ4n) is 1.39. The highest BCUT2D eigenvalue weighted by Gasteiger charge is 2.01. The van der Waals surface area contributed by atoms with Crippen molar-refractivity contribution in [2.75, 3.05) is 23.9 Å². The molecule has 0 saturated carbocycles. The maximum atomic E-state index is 5.68. The molecular formula is C11H14N4OS. The number of thioether (sulfide) groups is 1. The third-order valence-electron chi connectivity index (χ3n) is 2.17. The van der Waals surface area contributed by atoms with Crippen molar-refractivity contribution in [1.82, 2.24) is 9.97 Å². The van der Waals surface area contributed by atoms with Crippen LogP contribution in [0.4, 0.5) is 11.6 Å². The molecule has 0 saturated heterocycles. The van der Waals surface area contributed by atoms with E-state index in [4.69, 9.17) is 10.2 Å². The number of furan rings is 1. The molecule has 0 spiro atoms. The molecule has 0 bridgehead atoms. The molecule has 2 rings (SSSR count). The van der Waals surface area contributed by atoms with Crippen LogP contribution < -0.4 is 11.1 Å². The number of hydrogen-bond donors (Lipinski definition) is 2. The van der Waals surface area contributed by atoms with Gasteiger partial charge in [-0.15, -0.1) is 0 Å². The molecule has 6 heteroatoms. The largest absolute Gasteiger partial charge is 0.469 e. The fourth-order valence-corrected chi connectivity index (χ4v) is 1.78. The van der Waals surface area contributed by atoms with Crippen molar-refractivity contribution in [2.45, 2.75) is 11.6 Å². The number of anilines is 2. The summed E-state index contributed by atoms with van der Waals surface area (Å²) in [6.07, 6.45) is 4.40. The number of aromatic nitrogens is 2. The molecule has 0 aliphatic carbocycles. The molecule has 90 valence electrons. The zero-order valence-corrected chi connectivity index (χ0v) is 10.3. The minimum atomic E-state index is 0.477. The van der Waals surface area contributed by atoms with E-state index in [1.165, 1.54) is 11.8 Å². The van der Waals surface area contributed by atoms with Crippen molar-refractivity contribution in [3.63, 3.8) is 0 Å². The second kappa shape index (κ2) is 5.58. The highest BCUT2D eigenvalue weighted by atomic mass is 32.2. The van der Waals surface area contributed by atoms with Crippen molar-refractivity contribution < 1.29 is 4.42 Å². The summed E-state index contributed by atoms with van der Waals surface area (Å²) >= 11 is 1.47. The first-order valence-corrected chi connectivity index (χ1v) is 6.45. The molecule has 0 aromatic carbocycles. The van der Waals surface area contributed by atoms with E-state index < -0.39 is 0 Å². The van der Waals surface area contributed by atoms with Gasteiger partial charge in [0, 0.05) is 19.0 Å². The summed E-state index contributed by atoms with van der Waals surface area (Å²) in [5.74, 6) is 2.17. The van der Waals surface area contributed by atoms with Gasteiger partial charge in [-0.2, -0.15) is 0 Å². The van der Waals surface area contributed by atoms with Crippen molar-refractivity contribution in [2.24, 2.45) is 0 Å². The predicted octanol–water partition coefficient (Wildman–Crippen LogP) is 2.03. The first-order valence-electron chi connectivity index (χ1n) is 5.23. The van der Waals surface area contributed by atoms with Crippen LogP contribution in [0.25, 0.3) is 0 Å². The van der Waals surface area contributed by atoms with E-state index in [9.17, 15) is 0 Å². The van der Waals surface area contributed by atoms with Gasteiger partial charge in [0.2, 0.25) is 0 Å². The van der Waals surface area contributed by atoms with Crippen LogP contribution in [0.5, 0.6) is 0 Å². The van der Waals surface area contributed by atoms with Gasteiger partial charge in [-0.25, -0.2) is 9.97 Å². The van der Waals surface area contributed by atoms with Gasteiger partial charge in [-0.05, 0) is 18.4 Å². The van der Waals surface area contributed by atoms with E-state index in [1.54, 1.807) is 12.3 Å². The average Bonchev–Trinajstić information content (AvgIpc) is 2.81. The van der Waals surface area contributed by atoms with Crippen molar-refractivity contribution in [3.05, 3.63) is 30.2 Å². The van der Waals surface area contributed by atoms with Gasteiger partial charge in [0.25, 0.3) is 0 Å². The molecule has 0 amide bonds. The quantitative estimate of drug-likeness (QED) is 0.624. The number of nitrogens with two attached hydrogens (primary N) is 1. The topological polar surface area (TPSA) is 77.0 Å². The number of rotatable bonds is 5. The second-order valence-corrected chi connectivity index (χ2v) is 4.19. The summed E-state index contributed by atoms with van der Waals surface area (Å²) in [5.41, 5.74) is 5.68. The Balaban J connectivity index is 1.92. The van der Waals surface area contributed by atoms with E-state index >= 15 is 0 Å². The SMILES string of the molecule is CSc1nc(N)cc(NCCc2ccco2)n1. The lowest BCUT2D eigenvalue weighted by Gasteiger charge is -2.06. The molecule has 0 aliphatic heterocycles. The monoisotopic (exact) mass is 250 g/mol. The summed E-state index contributed by atoms with van der Waals surface area (Å²) in [6.45, 7) is 0.748. The second-order valence-electron chi connectivity index (χ2n) is 3.42. The van der Waals surface area contributed by atoms with Crippen molar-refractivity contribution >= 4 is 23.4 Å². The standard InChI is InChI=1S/C11H14N4OS/c1-17-11-14-9(12)7-10(15-11)13-5-4-8-3-2-6-16-8/h2-3,6-7H,4-5H2,1H3,(H3,12,13,14,15). The molecule has 17 heavy (non-hydrogen) atoms. The van der Waals surface area contributed by atoms with E-state index in [0.29, 0.717) is 11.0 Å². The Morgan fingerprint density at radius 2 is 2.35 bits per heavy atom. The Labute approximate surface area is 104 Å². The van der Waals surface area contributed by atoms with Gasteiger partial charge in [-0.1, -0.05) is 11.8 Å². The number of nitrogens with zero attached hydrogens (tertiary/aromatic N) is 2. The van der Waals surface area contributed by atoms with Crippen LogP contribution in [-0.4, -0.2) is 22.8 Å². The summed E-state index contributed by atoms with van der Waals surface area (Å²) in [6, 6.07) is 5.55. The molecule has 0 unspecified atom stereocenters. The Morgan fingerprint density at radius 3 is 3.06 bits per heavy atom. The van der Waals surface area contributed by atoms with Gasteiger partial charge in [0.15, 0.2) is 5.16 Å². The van der Waals surface area contributed by atoms with Gasteiger partial charge in [-0.3, -0.25) is 0 Å². The first kappa shape index (κ1) is 11.8. The summed E-state index contributed by atoms with van der Waals surface area (Å²) in [7, 11) is 0. The Hall–Kier alpha value is -1.69. The maximum Gasteiger partial charge on any atom is 0.191 e. The van der Waals surface area contributed by atoms with E-state index in [2.05, 4.69) is 15.3 Å². The zero-order valence-electron chi connectivity index (χ0n) is 9.51. The van der Waals surface area contributed by atoms with Crippen LogP contribution in [0, 0.1) is 0 Å². The fraction of sp³-hybridized carbons (Fsp3) is 0.273. The number of nitrogens with one attached hydrogen (secondary N) is 1. The molecule has 2 heterocycles. The Kier molecular flexibility index (Phi) is 3.87. The van der Waals surface area contributed by atoms with Crippen molar-refractivity contribution in [1.29, 1.82) is 0 Å². The maximum absolute atomic E-state index is 5.68. The Morgan fingerprint density at radius 1 is 1.47 bits per heavy atom. The summed E-state index contributed by atoms with van der Waals surface area (Å²) in [5, 5.41) is 3.87. The lowest BCUT2D eigenvalue weighted by atomic mass is 10.3. The molecular weight excluding hydrogens is 236 g/mol. The minimum absolute atomic E-state index is 0.477. The third-order valence-corrected chi connectivity index (χ3v) is 2.71. The van der Waals surface area contributed by atoms with Crippen LogP contribution >= 0.6 is 11.8 Å². The lowest BCUT2D eigenvalue weighted by molar-refractivity contribution is 0.513.